The third-order valence-electron chi connectivity index (χ3n) is 6.69. The highest BCUT2D eigenvalue weighted by atomic mass is 32.2. The van der Waals surface area contributed by atoms with Crippen LogP contribution < -0.4 is 0 Å². The third-order valence-corrected chi connectivity index (χ3v) is 9.23. The summed E-state index contributed by atoms with van der Waals surface area (Å²) < 4.78 is 34.0. The van der Waals surface area contributed by atoms with Crippen LogP contribution in [-0.2, 0) is 27.7 Å². The van der Waals surface area contributed by atoms with E-state index in [-0.39, 0.29) is 11.0 Å². The molecule has 1 aliphatic heterocycles. The van der Waals surface area contributed by atoms with Crippen molar-refractivity contribution in [3.63, 3.8) is 0 Å². The molecule has 0 spiro atoms. The molecule has 5 rings (SSSR count). The Kier molecular flexibility index (Phi) is 7.34. The van der Waals surface area contributed by atoms with Gasteiger partial charge < -0.3 is 9.64 Å². The molecule has 0 radical (unpaired) electrons. The minimum absolute atomic E-state index is 0.197. The van der Waals surface area contributed by atoms with Crippen LogP contribution in [0.3, 0.4) is 0 Å². The van der Waals surface area contributed by atoms with Crippen molar-refractivity contribution in [2.75, 3.05) is 6.54 Å². The largest absolute Gasteiger partial charge is 0.444 e. The summed E-state index contributed by atoms with van der Waals surface area (Å²) in [4.78, 5) is 19.2. The van der Waals surface area contributed by atoms with Gasteiger partial charge in [-0.1, -0.05) is 62.0 Å². The van der Waals surface area contributed by atoms with E-state index in [2.05, 4.69) is 42.2 Å². The third kappa shape index (κ3) is 6.24. The van der Waals surface area contributed by atoms with E-state index in [4.69, 9.17) is 4.74 Å². The maximum Gasteiger partial charge on any atom is 0.410 e. The molecular formula is C32H35N3O4SSi. The number of nitrogens with zero attached hydrogens (tertiary/aromatic N) is 3. The molecule has 0 saturated heterocycles. The Balaban J connectivity index is 1.54. The molecule has 2 aromatic carbocycles. The number of amides is 1. The summed E-state index contributed by atoms with van der Waals surface area (Å²) in [5.74, 6) is 3.27. The molecule has 3 heterocycles. The molecule has 0 N–H and O–H groups in total. The van der Waals surface area contributed by atoms with E-state index in [1.165, 1.54) is 9.54 Å². The van der Waals surface area contributed by atoms with Gasteiger partial charge in [0, 0.05) is 36.4 Å². The monoisotopic (exact) mass is 585 g/mol. The Hall–Kier alpha value is -3.87. The fourth-order valence-electron chi connectivity index (χ4n) is 4.70. The van der Waals surface area contributed by atoms with Crippen molar-refractivity contribution in [3.8, 4) is 22.6 Å². The molecule has 1 aliphatic rings. The highest BCUT2D eigenvalue weighted by Gasteiger charge is 2.26. The van der Waals surface area contributed by atoms with Gasteiger partial charge in [0.15, 0.2) is 5.65 Å². The van der Waals surface area contributed by atoms with Gasteiger partial charge in [-0.3, -0.25) is 0 Å². The zero-order valence-corrected chi connectivity index (χ0v) is 26.2. The Morgan fingerprint density at radius 1 is 1.00 bits per heavy atom. The van der Waals surface area contributed by atoms with E-state index < -0.39 is 23.7 Å². The molecule has 0 aliphatic carbocycles. The topological polar surface area (TPSA) is 81.5 Å². The second kappa shape index (κ2) is 10.5. The zero-order chi connectivity index (χ0) is 29.6. The number of ether oxygens (including phenoxy) is 1. The highest BCUT2D eigenvalue weighted by Crippen LogP contribution is 2.31. The number of rotatable bonds is 3. The first-order valence-corrected chi connectivity index (χ1v) is 18.6. The number of fused-ring (bicyclic) bond motifs is 2. The van der Waals surface area contributed by atoms with Crippen molar-refractivity contribution in [1.29, 1.82) is 0 Å². The molecule has 2 aromatic heterocycles. The molecule has 4 aromatic rings. The van der Waals surface area contributed by atoms with Gasteiger partial charge in [0.05, 0.1) is 10.5 Å². The Bertz CT molecular complexity index is 1810. The van der Waals surface area contributed by atoms with Crippen molar-refractivity contribution < 1.29 is 17.9 Å². The lowest BCUT2D eigenvalue weighted by Gasteiger charge is -2.31. The van der Waals surface area contributed by atoms with E-state index in [1.54, 1.807) is 47.6 Å². The smallest absolute Gasteiger partial charge is 0.410 e. The van der Waals surface area contributed by atoms with Crippen molar-refractivity contribution in [2.45, 2.75) is 63.9 Å². The Morgan fingerprint density at radius 3 is 2.41 bits per heavy atom. The number of hydrogen-bond acceptors (Lipinski definition) is 5. The maximum atomic E-state index is 13.6. The molecule has 7 nitrogen and oxygen atoms in total. The van der Waals surface area contributed by atoms with Crippen molar-refractivity contribution in [2.24, 2.45) is 0 Å². The van der Waals surface area contributed by atoms with Crippen LogP contribution in [0, 0.1) is 11.5 Å². The summed E-state index contributed by atoms with van der Waals surface area (Å²) in [5, 5.41) is 0.696. The predicted molar refractivity (Wildman–Crippen MR) is 165 cm³/mol. The van der Waals surface area contributed by atoms with Gasteiger partial charge in [0.1, 0.15) is 13.7 Å². The molecule has 0 bridgehead atoms. The van der Waals surface area contributed by atoms with E-state index >= 15 is 0 Å². The van der Waals surface area contributed by atoms with Crippen molar-refractivity contribution in [1.82, 2.24) is 13.9 Å². The summed E-state index contributed by atoms with van der Waals surface area (Å²) in [6, 6.07) is 16.5. The average molecular weight is 586 g/mol. The Labute approximate surface area is 243 Å². The minimum Gasteiger partial charge on any atom is -0.444 e. The van der Waals surface area contributed by atoms with Crippen LogP contribution in [0.15, 0.2) is 71.9 Å². The normalized spacial score (nSPS) is 13.9. The van der Waals surface area contributed by atoms with Crippen LogP contribution in [-0.4, -0.2) is 48.6 Å². The summed E-state index contributed by atoms with van der Waals surface area (Å²) in [7, 11) is -5.58. The Morgan fingerprint density at radius 2 is 1.73 bits per heavy atom. The molecule has 0 saturated carbocycles. The first-order valence-electron chi connectivity index (χ1n) is 13.7. The summed E-state index contributed by atoms with van der Waals surface area (Å²) >= 11 is 0. The first kappa shape index (κ1) is 28.6. The average Bonchev–Trinajstić information content (AvgIpc) is 3.29. The molecule has 0 unspecified atom stereocenters. The van der Waals surface area contributed by atoms with Crippen LogP contribution in [0.4, 0.5) is 4.79 Å². The lowest BCUT2D eigenvalue weighted by atomic mass is 9.95. The van der Waals surface area contributed by atoms with Crippen molar-refractivity contribution >= 4 is 35.2 Å². The molecule has 212 valence electrons. The molecule has 0 fully saturated rings. The number of benzene rings is 2. The van der Waals surface area contributed by atoms with Crippen molar-refractivity contribution in [3.05, 3.63) is 83.7 Å². The molecule has 1 amide bonds. The molecular weight excluding hydrogens is 551 g/mol. The molecule has 0 atom stereocenters. The number of pyridine rings is 1. The predicted octanol–water partition coefficient (Wildman–Crippen LogP) is 6.46. The van der Waals surface area contributed by atoms with Crippen LogP contribution >= 0.6 is 0 Å². The van der Waals surface area contributed by atoms with Crippen LogP contribution in [0.2, 0.25) is 19.6 Å². The van der Waals surface area contributed by atoms with Crippen LogP contribution in [0.25, 0.3) is 22.2 Å². The number of hydrogen-bond donors (Lipinski definition) is 0. The first-order chi connectivity index (χ1) is 19.2. The summed E-state index contributed by atoms with van der Waals surface area (Å²) in [6.07, 6.45) is 3.72. The minimum atomic E-state index is -3.86. The lowest BCUT2D eigenvalue weighted by molar-refractivity contribution is 0.0224. The van der Waals surface area contributed by atoms with E-state index in [1.807, 2.05) is 39.0 Å². The number of aromatic nitrogens is 2. The van der Waals surface area contributed by atoms with Crippen LogP contribution in [0.1, 0.15) is 37.5 Å². The van der Waals surface area contributed by atoms with Gasteiger partial charge in [0.2, 0.25) is 0 Å². The highest BCUT2D eigenvalue weighted by molar-refractivity contribution is 7.90. The molecule has 9 heteroatoms. The van der Waals surface area contributed by atoms with E-state index in [0.717, 1.165) is 23.1 Å². The SMILES string of the molecule is CC(C)(C)OC(=O)N1CCc2cc(-c3cnc4c(c3)c(C#C[Si](C)(C)C)cn4S(=O)(=O)c3ccccc3)ccc2C1. The van der Waals surface area contributed by atoms with Crippen LogP contribution in [0.5, 0.6) is 0 Å². The number of carbonyl (C=O) groups is 1. The van der Waals surface area contributed by atoms with Gasteiger partial charge in [-0.15, -0.1) is 5.54 Å². The van der Waals surface area contributed by atoms with Gasteiger partial charge in [-0.25, -0.2) is 22.2 Å². The second-order valence-electron chi connectivity index (χ2n) is 12.4. The summed E-state index contributed by atoms with van der Waals surface area (Å²) in [5.41, 5.74) is 7.94. The number of carbonyl (C=O) groups excluding carboxylic acids is 1. The summed E-state index contributed by atoms with van der Waals surface area (Å²) in [6.45, 7) is 13.1. The van der Waals surface area contributed by atoms with Gasteiger partial charge in [-0.2, -0.15) is 0 Å². The fourth-order valence-corrected chi connectivity index (χ4v) is 6.55. The van der Waals surface area contributed by atoms with Gasteiger partial charge >= 0.3 is 6.09 Å². The lowest BCUT2D eigenvalue weighted by Crippen LogP contribution is -2.39. The second-order valence-corrected chi connectivity index (χ2v) is 19.0. The molecule has 41 heavy (non-hydrogen) atoms. The maximum absolute atomic E-state index is 13.6. The fraction of sp³-hybridized carbons (Fsp3) is 0.312. The van der Waals surface area contributed by atoms with E-state index in [9.17, 15) is 13.2 Å². The van der Waals surface area contributed by atoms with E-state index in [0.29, 0.717) is 29.7 Å². The standard InChI is InChI=1S/C32H35N3O4SSi/c1-32(2,3)39-31(36)34-16-14-24-18-23(12-13-25(24)21-34)27-19-29-26(15-17-41(4,5)6)22-35(30(29)33-20-27)40(37,38)28-10-8-7-9-11-28/h7-13,18-20,22H,14,16,21H2,1-6H3. The van der Waals surface area contributed by atoms with Gasteiger partial charge in [-0.05, 0) is 62.1 Å². The van der Waals surface area contributed by atoms with Gasteiger partial charge in [0.25, 0.3) is 10.0 Å². The zero-order valence-electron chi connectivity index (χ0n) is 24.4. The quantitative estimate of drug-likeness (QED) is 0.204.